The molecule has 6 heteroatoms. The van der Waals surface area contributed by atoms with Gasteiger partial charge in [0.1, 0.15) is 5.75 Å². The van der Waals surface area contributed by atoms with E-state index in [0.717, 1.165) is 16.9 Å². The average Bonchev–Trinajstić information content (AvgIpc) is 2.63. The van der Waals surface area contributed by atoms with Gasteiger partial charge < -0.3 is 9.47 Å². The highest BCUT2D eigenvalue weighted by atomic mass is 35.6. The van der Waals surface area contributed by atoms with Crippen molar-refractivity contribution in [3.8, 4) is 5.75 Å². The Morgan fingerprint density at radius 3 is 2.27 bits per heavy atom. The maximum Gasteiger partial charge on any atom is 0.315 e. The first-order valence-corrected chi connectivity index (χ1v) is 9.20. The van der Waals surface area contributed by atoms with Crippen molar-refractivity contribution in [1.82, 2.24) is 0 Å². The topological polar surface area (TPSA) is 35.5 Å². The van der Waals surface area contributed by atoms with Gasteiger partial charge in [0.05, 0.1) is 13.0 Å². The van der Waals surface area contributed by atoms with Crippen molar-refractivity contribution in [2.24, 2.45) is 5.92 Å². The first-order valence-electron chi connectivity index (χ1n) is 8.07. The highest BCUT2D eigenvalue weighted by Crippen LogP contribution is 2.43. The molecule has 26 heavy (non-hydrogen) atoms. The van der Waals surface area contributed by atoms with Crippen LogP contribution in [0.3, 0.4) is 0 Å². The van der Waals surface area contributed by atoms with Crippen LogP contribution in [0.2, 0.25) is 0 Å². The summed E-state index contributed by atoms with van der Waals surface area (Å²) in [5.41, 5.74) is 1.97. The standard InChI is InChI=1S/C20H17Cl3O3/c1-25-15-9-7-13(8-10-15)11-17-16(14-5-3-2-4-6-14)12-18(20(21,22)23)26-19(17)24/h2-10,12,16-17H,11H2,1H3/t16-,17+/m1/s1. The predicted octanol–water partition coefficient (Wildman–Crippen LogP) is 5.45. The maximum atomic E-state index is 12.7. The van der Waals surface area contributed by atoms with Gasteiger partial charge in [-0.15, -0.1) is 0 Å². The summed E-state index contributed by atoms with van der Waals surface area (Å²) in [6, 6.07) is 17.3. The predicted molar refractivity (Wildman–Crippen MR) is 104 cm³/mol. The van der Waals surface area contributed by atoms with E-state index in [9.17, 15) is 4.79 Å². The number of rotatable bonds is 4. The number of carbonyl (C=O) groups is 1. The van der Waals surface area contributed by atoms with Gasteiger partial charge >= 0.3 is 5.97 Å². The second kappa shape index (κ2) is 7.91. The van der Waals surface area contributed by atoms with E-state index in [1.54, 1.807) is 13.2 Å². The zero-order chi connectivity index (χ0) is 18.7. The lowest BCUT2D eigenvalue weighted by Gasteiger charge is -2.31. The number of halogens is 3. The summed E-state index contributed by atoms with van der Waals surface area (Å²) in [6.07, 6.45) is 2.24. The molecule has 0 bridgehead atoms. The van der Waals surface area contributed by atoms with Crippen LogP contribution in [-0.4, -0.2) is 16.9 Å². The van der Waals surface area contributed by atoms with Crippen LogP contribution < -0.4 is 4.74 Å². The highest BCUT2D eigenvalue weighted by molar-refractivity contribution is 6.69. The molecule has 0 fully saturated rings. The van der Waals surface area contributed by atoms with E-state index < -0.39 is 15.7 Å². The Hall–Kier alpha value is -1.68. The first kappa shape index (κ1) is 19.1. The van der Waals surface area contributed by atoms with Crippen LogP contribution in [0.4, 0.5) is 0 Å². The smallest absolute Gasteiger partial charge is 0.315 e. The Bertz CT molecular complexity index is 795. The number of ether oxygens (including phenoxy) is 2. The fourth-order valence-corrected chi connectivity index (χ4v) is 3.33. The Balaban J connectivity index is 1.95. The van der Waals surface area contributed by atoms with E-state index in [1.807, 2.05) is 54.6 Å². The van der Waals surface area contributed by atoms with E-state index in [4.69, 9.17) is 44.3 Å². The lowest BCUT2D eigenvalue weighted by molar-refractivity contribution is -0.146. The Morgan fingerprint density at radius 2 is 1.69 bits per heavy atom. The molecule has 2 atom stereocenters. The minimum absolute atomic E-state index is 0.0485. The molecule has 0 saturated carbocycles. The molecule has 0 N–H and O–H groups in total. The number of benzene rings is 2. The van der Waals surface area contributed by atoms with Gasteiger partial charge in [-0.3, -0.25) is 4.79 Å². The summed E-state index contributed by atoms with van der Waals surface area (Å²) in [4.78, 5) is 12.7. The monoisotopic (exact) mass is 410 g/mol. The van der Waals surface area contributed by atoms with Crippen molar-refractivity contribution in [2.45, 2.75) is 16.1 Å². The Labute approximate surface area is 167 Å². The molecule has 3 rings (SSSR count). The van der Waals surface area contributed by atoms with Crippen molar-refractivity contribution in [2.75, 3.05) is 7.11 Å². The van der Waals surface area contributed by atoms with E-state index in [-0.39, 0.29) is 11.7 Å². The summed E-state index contributed by atoms with van der Waals surface area (Å²) in [7, 11) is 1.61. The Kier molecular flexibility index (Phi) is 5.81. The molecule has 0 spiro atoms. The van der Waals surface area contributed by atoms with E-state index in [0.29, 0.717) is 6.42 Å². The number of hydrogen-bond acceptors (Lipinski definition) is 3. The van der Waals surface area contributed by atoms with Crippen LogP contribution in [0.15, 0.2) is 66.4 Å². The quantitative estimate of drug-likeness (QED) is 0.496. The minimum atomic E-state index is -1.78. The third-order valence-corrected chi connectivity index (χ3v) is 4.92. The number of alkyl halides is 3. The van der Waals surface area contributed by atoms with Crippen LogP contribution in [0.1, 0.15) is 17.0 Å². The molecule has 1 heterocycles. The van der Waals surface area contributed by atoms with Gasteiger partial charge in [-0.2, -0.15) is 0 Å². The molecule has 0 aromatic heterocycles. The van der Waals surface area contributed by atoms with Crippen LogP contribution in [0.5, 0.6) is 5.75 Å². The second-order valence-electron chi connectivity index (χ2n) is 6.04. The average molecular weight is 412 g/mol. The van der Waals surface area contributed by atoms with Crippen molar-refractivity contribution in [1.29, 1.82) is 0 Å². The van der Waals surface area contributed by atoms with Gasteiger partial charge in [0.15, 0.2) is 5.76 Å². The fraction of sp³-hybridized carbons (Fsp3) is 0.250. The summed E-state index contributed by atoms with van der Waals surface area (Å²) >= 11 is 17.8. The third-order valence-electron chi connectivity index (χ3n) is 4.36. The van der Waals surface area contributed by atoms with Gasteiger partial charge in [-0.05, 0) is 35.8 Å². The molecular formula is C20H17Cl3O3. The van der Waals surface area contributed by atoms with Gasteiger partial charge in [-0.25, -0.2) is 0 Å². The molecule has 0 saturated heterocycles. The number of cyclic esters (lactones) is 1. The maximum absolute atomic E-state index is 12.7. The number of methoxy groups -OCH3 is 1. The molecule has 3 nitrogen and oxygen atoms in total. The fourth-order valence-electron chi connectivity index (χ4n) is 3.03. The Morgan fingerprint density at radius 1 is 1.04 bits per heavy atom. The summed E-state index contributed by atoms with van der Waals surface area (Å²) in [6.45, 7) is 0. The van der Waals surface area contributed by atoms with E-state index in [2.05, 4.69) is 0 Å². The number of allylic oxidation sites excluding steroid dienone is 2. The molecule has 0 amide bonds. The van der Waals surface area contributed by atoms with Crippen molar-refractivity contribution in [3.05, 3.63) is 77.6 Å². The third kappa shape index (κ3) is 4.35. The zero-order valence-corrected chi connectivity index (χ0v) is 16.3. The highest BCUT2D eigenvalue weighted by Gasteiger charge is 2.40. The SMILES string of the molecule is COc1ccc(C[C@@H]2C(=O)OC(C(Cl)(Cl)Cl)=C[C@@H]2c2ccccc2)cc1. The zero-order valence-electron chi connectivity index (χ0n) is 14.0. The van der Waals surface area contributed by atoms with Gasteiger partial charge in [-0.1, -0.05) is 77.3 Å². The van der Waals surface area contributed by atoms with Gasteiger partial charge in [0.25, 0.3) is 0 Å². The van der Waals surface area contributed by atoms with Gasteiger partial charge in [0, 0.05) is 5.92 Å². The van der Waals surface area contributed by atoms with E-state index in [1.165, 1.54) is 0 Å². The number of esters is 1. The summed E-state index contributed by atoms with van der Waals surface area (Å²) in [5, 5.41) is 0. The molecule has 2 aromatic carbocycles. The molecule has 1 aliphatic heterocycles. The molecule has 0 aliphatic carbocycles. The minimum Gasteiger partial charge on any atom is -0.497 e. The van der Waals surface area contributed by atoms with Gasteiger partial charge in [0.2, 0.25) is 3.79 Å². The lowest BCUT2D eigenvalue weighted by atomic mass is 9.80. The largest absolute Gasteiger partial charge is 0.497 e. The normalized spacial score (nSPS) is 20.3. The number of hydrogen-bond donors (Lipinski definition) is 0. The molecule has 1 aliphatic rings. The van der Waals surface area contributed by atoms with Crippen LogP contribution in [0, 0.1) is 5.92 Å². The molecule has 0 radical (unpaired) electrons. The van der Waals surface area contributed by atoms with Crippen molar-refractivity contribution >= 4 is 40.8 Å². The first-order chi connectivity index (χ1) is 12.4. The molecule has 0 unspecified atom stereocenters. The molecule has 136 valence electrons. The lowest BCUT2D eigenvalue weighted by Crippen LogP contribution is -2.32. The van der Waals surface area contributed by atoms with Crippen LogP contribution >= 0.6 is 34.8 Å². The molecular weight excluding hydrogens is 395 g/mol. The van der Waals surface area contributed by atoms with Crippen LogP contribution in [0.25, 0.3) is 0 Å². The van der Waals surface area contributed by atoms with E-state index >= 15 is 0 Å². The van der Waals surface area contributed by atoms with Crippen LogP contribution in [-0.2, 0) is 16.0 Å². The molecule has 2 aromatic rings. The van der Waals surface area contributed by atoms with Crippen molar-refractivity contribution in [3.63, 3.8) is 0 Å². The summed E-state index contributed by atoms with van der Waals surface area (Å²) < 4.78 is 8.73. The van der Waals surface area contributed by atoms with Crippen molar-refractivity contribution < 1.29 is 14.3 Å². The second-order valence-corrected chi connectivity index (χ2v) is 8.33. The summed E-state index contributed by atoms with van der Waals surface area (Å²) in [5.74, 6) is -0.254. The number of carbonyl (C=O) groups excluding carboxylic acids is 1.